The number of hydrogen-bond acceptors (Lipinski definition) is 5. The number of anilines is 1. The third kappa shape index (κ3) is 2.07. The highest BCUT2D eigenvalue weighted by Gasteiger charge is 2.16. The zero-order valence-corrected chi connectivity index (χ0v) is 10.6. The van der Waals surface area contributed by atoms with Crippen LogP contribution in [0.5, 0.6) is 0 Å². The Morgan fingerprint density at radius 3 is 3.17 bits per heavy atom. The molecule has 0 aromatic carbocycles. The molecule has 0 saturated heterocycles. The molecule has 4 nitrogen and oxygen atoms in total. The minimum absolute atomic E-state index is 0.615. The number of fused-ring (bicyclic) bond motifs is 1. The largest absolute Gasteiger partial charge is 0.363 e. The minimum atomic E-state index is 0.615. The number of hydrogen-bond donors (Lipinski definition) is 1. The molecule has 18 heavy (non-hydrogen) atoms. The minimum Gasteiger partial charge on any atom is -0.363 e. The zero-order chi connectivity index (χ0) is 12.4. The number of aromatic nitrogens is 2. The summed E-state index contributed by atoms with van der Waals surface area (Å²) in [5.41, 5.74) is 5.77. The number of pyridine rings is 1. The second-order valence-electron chi connectivity index (χ2n) is 4.29. The maximum absolute atomic E-state index is 9.16. The van der Waals surface area contributed by atoms with Gasteiger partial charge < -0.3 is 5.32 Å². The van der Waals surface area contributed by atoms with E-state index in [1.54, 1.807) is 16.8 Å². The summed E-state index contributed by atoms with van der Waals surface area (Å²) in [4.78, 5) is 8.77. The van der Waals surface area contributed by atoms with Crippen molar-refractivity contribution in [2.45, 2.75) is 25.8 Å². The van der Waals surface area contributed by atoms with E-state index < -0.39 is 0 Å². The second kappa shape index (κ2) is 4.75. The molecule has 0 spiro atoms. The predicted octanol–water partition coefficient (Wildman–Crippen LogP) is 2.51. The van der Waals surface area contributed by atoms with Crippen LogP contribution in [0.1, 0.15) is 28.9 Å². The lowest BCUT2D eigenvalue weighted by Crippen LogP contribution is -2.05. The Balaban J connectivity index is 1.85. The summed E-state index contributed by atoms with van der Waals surface area (Å²) in [5, 5.41) is 14.4. The van der Waals surface area contributed by atoms with Crippen molar-refractivity contribution in [3.8, 4) is 6.07 Å². The van der Waals surface area contributed by atoms with Gasteiger partial charge >= 0.3 is 0 Å². The molecule has 5 heteroatoms. The molecule has 2 heterocycles. The predicted molar refractivity (Wildman–Crippen MR) is 70.4 cm³/mol. The lowest BCUT2D eigenvalue weighted by molar-refractivity contribution is 0.898. The SMILES string of the molecule is N#Cc1cc2c(nc1NCc1cscn1)CCC2. The van der Waals surface area contributed by atoms with E-state index in [9.17, 15) is 0 Å². The van der Waals surface area contributed by atoms with Gasteiger partial charge in [-0.2, -0.15) is 5.26 Å². The summed E-state index contributed by atoms with van der Waals surface area (Å²) in [6.07, 6.45) is 3.21. The third-order valence-electron chi connectivity index (χ3n) is 3.09. The Morgan fingerprint density at radius 1 is 1.44 bits per heavy atom. The van der Waals surface area contributed by atoms with Gasteiger partial charge in [-0.25, -0.2) is 9.97 Å². The molecular formula is C13H12N4S. The van der Waals surface area contributed by atoms with Crippen molar-refractivity contribution in [2.24, 2.45) is 0 Å². The van der Waals surface area contributed by atoms with Gasteiger partial charge in [-0.05, 0) is 30.9 Å². The van der Waals surface area contributed by atoms with Crippen LogP contribution < -0.4 is 5.32 Å². The van der Waals surface area contributed by atoms with Crippen molar-refractivity contribution in [1.29, 1.82) is 5.26 Å². The number of nitriles is 1. The maximum Gasteiger partial charge on any atom is 0.144 e. The molecule has 0 saturated carbocycles. The Kier molecular flexibility index (Phi) is 2.95. The van der Waals surface area contributed by atoms with Crippen LogP contribution in [-0.4, -0.2) is 9.97 Å². The molecular weight excluding hydrogens is 244 g/mol. The van der Waals surface area contributed by atoms with Crippen LogP contribution in [0, 0.1) is 11.3 Å². The van der Waals surface area contributed by atoms with E-state index in [1.165, 1.54) is 5.56 Å². The van der Waals surface area contributed by atoms with Gasteiger partial charge in [-0.15, -0.1) is 11.3 Å². The zero-order valence-electron chi connectivity index (χ0n) is 9.81. The van der Waals surface area contributed by atoms with Crippen LogP contribution in [0.3, 0.4) is 0 Å². The third-order valence-corrected chi connectivity index (χ3v) is 3.73. The van der Waals surface area contributed by atoms with Gasteiger partial charge in [0.15, 0.2) is 0 Å². The Labute approximate surface area is 109 Å². The monoisotopic (exact) mass is 256 g/mol. The molecule has 0 aliphatic heterocycles. The quantitative estimate of drug-likeness (QED) is 0.916. The van der Waals surface area contributed by atoms with Crippen molar-refractivity contribution in [2.75, 3.05) is 5.32 Å². The smallest absolute Gasteiger partial charge is 0.144 e. The molecule has 2 aromatic rings. The van der Waals surface area contributed by atoms with Gasteiger partial charge in [0.2, 0.25) is 0 Å². The highest BCUT2D eigenvalue weighted by molar-refractivity contribution is 7.07. The average molecular weight is 256 g/mol. The van der Waals surface area contributed by atoms with Crippen LogP contribution in [0.2, 0.25) is 0 Å². The number of nitrogens with zero attached hydrogens (tertiary/aromatic N) is 3. The van der Waals surface area contributed by atoms with E-state index >= 15 is 0 Å². The summed E-state index contributed by atoms with van der Waals surface area (Å²) in [7, 11) is 0. The molecule has 1 aliphatic rings. The molecule has 1 aliphatic carbocycles. The van der Waals surface area contributed by atoms with Crippen molar-refractivity contribution in [1.82, 2.24) is 9.97 Å². The van der Waals surface area contributed by atoms with Gasteiger partial charge in [0.25, 0.3) is 0 Å². The molecule has 3 rings (SSSR count). The normalized spacial score (nSPS) is 13.1. The van der Waals surface area contributed by atoms with Crippen LogP contribution in [0.25, 0.3) is 0 Å². The summed E-state index contributed by atoms with van der Waals surface area (Å²) < 4.78 is 0. The molecule has 0 atom stereocenters. The Hall–Kier alpha value is -1.93. The van der Waals surface area contributed by atoms with E-state index in [0.29, 0.717) is 17.9 Å². The first-order valence-electron chi connectivity index (χ1n) is 5.90. The van der Waals surface area contributed by atoms with E-state index in [2.05, 4.69) is 21.4 Å². The molecule has 0 amide bonds. The number of nitrogens with one attached hydrogen (secondary N) is 1. The Morgan fingerprint density at radius 2 is 2.39 bits per heavy atom. The number of thiazole rings is 1. The highest BCUT2D eigenvalue weighted by Crippen LogP contribution is 2.25. The van der Waals surface area contributed by atoms with Crippen molar-refractivity contribution >= 4 is 17.2 Å². The Bertz CT molecular complexity index is 598. The molecule has 0 fully saturated rings. The van der Waals surface area contributed by atoms with Gasteiger partial charge in [0.05, 0.1) is 23.3 Å². The first-order chi connectivity index (χ1) is 8.86. The van der Waals surface area contributed by atoms with E-state index in [-0.39, 0.29) is 0 Å². The van der Waals surface area contributed by atoms with Gasteiger partial charge in [-0.3, -0.25) is 0 Å². The molecule has 90 valence electrons. The molecule has 0 bridgehead atoms. The van der Waals surface area contributed by atoms with Crippen LogP contribution in [0.15, 0.2) is 17.0 Å². The van der Waals surface area contributed by atoms with Crippen molar-refractivity contribution < 1.29 is 0 Å². The maximum atomic E-state index is 9.16. The summed E-state index contributed by atoms with van der Waals surface area (Å²) in [6, 6.07) is 4.18. The van der Waals surface area contributed by atoms with Crippen LogP contribution in [0.4, 0.5) is 5.82 Å². The van der Waals surface area contributed by atoms with E-state index in [0.717, 1.165) is 30.7 Å². The fraction of sp³-hybridized carbons (Fsp3) is 0.308. The number of aryl methyl sites for hydroxylation is 2. The first kappa shape index (κ1) is 11.2. The van der Waals surface area contributed by atoms with E-state index in [4.69, 9.17) is 5.26 Å². The topological polar surface area (TPSA) is 61.6 Å². The van der Waals surface area contributed by atoms with Gasteiger partial charge in [0.1, 0.15) is 11.9 Å². The summed E-state index contributed by atoms with van der Waals surface area (Å²) >= 11 is 1.57. The summed E-state index contributed by atoms with van der Waals surface area (Å²) in [5.74, 6) is 0.686. The van der Waals surface area contributed by atoms with Gasteiger partial charge in [0, 0.05) is 11.1 Å². The van der Waals surface area contributed by atoms with Gasteiger partial charge in [-0.1, -0.05) is 0 Å². The number of rotatable bonds is 3. The van der Waals surface area contributed by atoms with Crippen LogP contribution >= 0.6 is 11.3 Å². The van der Waals surface area contributed by atoms with Crippen molar-refractivity contribution in [3.63, 3.8) is 0 Å². The summed E-state index contributed by atoms with van der Waals surface area (Å²) in [6.45, 7) is 0.615. The molecule has 2 aromatic heterocycles. The average Bonchev–Trinajstić information content (AvgIpc) is 3.05. The molecule has 0 unspecified atom stereocenters. The second-order valence-corrected chi connectivity index (χ2v) is 5.01. The fourth-order valence-electron chi connectivity index (χ4n) is 2.19. The van der Waals surface area contributed by atoms with Crippen molar-refractivity contribution in [3.05, 3.63) is 39.5 Å². The van der Waals surface area contributed by atoms with Crippen LogP contribution in [-0.2, 0) is 19.4 Å². The molecule has 0 radical (unpaired) electrons. The highest BCUT2D eigenvalue weighted by atomic mass is 32.1. The lowest BCUT2D eigenvalue weighted by Gasteiger charge is -2.08. The molecule has 1 N–H and O–H groups in total. The van der Waals surface area contributed by atoms with E-state index in [1.807, 2.05) is 11.4 Å². The standard InChI is InChI=1S/C13H12N4S/c14-5-10-4-9-2-1-3-12(9)17-13(10)15-6-11-7-18-8-16-11/h4,7-8H,1-3,6H2,(H,15,17). The first-order valence-corrected chi connectivity index (χ1v) is 6.85. The lowest BCUT2D eigenvalue weighted by atomic mass is 10.1. The fourth-order valence-corrected chi connectivity index (χ4v) is 2.75.